The Labute approximate surface area is 105 Å². The van der Waals surface area contributed by atoms with Crippen LogP contribution >= 0.6 is 15.9 Å². The van der Waals surface area contributed by atoms with E-state index in [2.05, 4.69) is 33.2 Å². The first-order valence-corrected chi connectivity index (χ1v) is 6.59. The minimum absolute atomic E-state index is 0.482. The molecule has 2 rings (SSSR count). The Morgan fingerprint density at radius 3 is 3.12 bits per heavy atom. The van der Waals surface area contributed by atoms with E-state index in [1.807, 2.05) is 12.3 Å². The first-order chi connectivity index (χ1) is 7.72. The summed E-state index contributed by atoms with van der Waals surface area (Å²) in [5, 5.41) is 3.51. The van der Waals surface area contributed by atoms with Crippen LogP contribution in [0.25, 0.3) is 0 Å². The number of nitrogens with one attached hydrogen (secondary N) is 1. The maximum absolute atomic E-state index is 5.77. The van der Waals surface area contributed by atoms with E-state index in [9.17, 15) is 0 Å². The molecule has 0 aliphatic heterocycles. The largest absolute Gasteiger partial charge is 0.366 e. The summed E-state index contributed by atoms with van der Waals surface area (Å²) in [4.78, 5) is 4.37. The molecule has 0 bridgehead atoms. The highest BCUT2D eigenvalue weighted by molar-refractivity contribution is 9.10. The van der Waals surface area contributed by atoms with Crippen LogP contribution in [-0.4, -0.2) is 17.6 Å². The van der Waals surface area contributed by atoms with Gasteiger partial charge in [-0.3, -0.25) is 0 Å². The zero-order chi connectivity index (χ0) is 11.5. The van der Waals surface area contributed by atoms with E-state index in [4.69, 9.17) is 5.73 Å². The Kier molecular flexibility index (Phi) is 3.82. The summed E-state index contributed by atoms with van der Waals surface area (Å²) in [6.07, 6.45) is 5.54. The SMILES string of the molecule is Cc1ccnc(NC2CCCC2CN)c1Br. The van der Waals surface area contributed by atoms with Crippen LogP contribution in [0.2, 0.25) is 0 Å². The number of hydrogen-bond donors (Lipinski definition) is 2. The first kappa shape index (κ1) is 11.9. The smallest absolute Gasteiger partial charge is 0.140 e. The summed E-state index contributed by atoms with van der Waals surface area (Å²) in [6.45, 7) is 2.84. The Morgan fingerprint density at radius 1 is 1.56 bits per heavy atom. The van der Waals surface area contributed by atoms with E-state index in [-0.39, 0.29) is 0 Å². The third kappa shape index (κ3) is 2.38. The minimum Gasteiger partial charge on any atom is -0.366 e. The summed E-state index contributed by atoms with van der Waals surface area (Å²) in [6, 6.07) is 2.49. The number of pyridine rings is 1. The van der Waals surface area contributed by atoms with Gasteiger partial charge in [0, 0.05) is 12.2 Å². The van der Waals surface area contributed by atoms with Gasteiger partial charge in [0.05, 0.1) is 4.47 Å². The second-order valence-corrected chi connectivity index (χ2v) is 5.26. The van der Waals surface area contributed by atoms with Gasteiger partial charge in [-0.05, 0) is 59.8 Å². The number of aryl methyl sites for hydroxylation is 1. The molecule has 2 unspecified atom stereocenters. The lowest BCUT2D eigenvalue weighted by atomic mass is 10.0. The predicted octanol–water partition coefficient (Wildman–Crippen LogP) is 2.69. The van der Waals surface area contributed by atoms with Gasteiger partial charge in [0.25, 0.3) is 0 Å². The van der Waals surface area contributed by atoms with E-state index >= 15 is 0 Å². The molecule has 1 aromatic heterocycles. The number of hydrogen-bond acceptors (Lipinski definition) is 3. The van der Waals surface area contributed by atoms with Gasteiger partial charge in [-0.2, -0.15) is 0 Å². The van der Waals surface area contributed by atoms with Gasteiger partial charge in [-0.1, -0.05) is 6.42 Å². The summed E-state index contributed by atoms with van der Waals surface area (Å²) in [5.74, 6) is 1.54. The molecule has 1 aliphatic rings. The summed E-state index contributed by atoms with van der Waals surface area (Å²) < 4.78 is 1.07. The van der Waals surface area contributed by atoms with Gasteiger partial charge in [-0.15, -0.1) is 0 Å². The van der Waals surface area contributed by atoms with Gasteiger partial charge in [0.2, 0.25) is 0 Å². The maximum atomic E-state index is 5.77. The molecule has 1 aliphatic carbocycles. The zero-order valence-electron chi connectivity index (χ0n) is 9.54. The van der Waals surface area contributed by atoms with Crippen molar-refractivity contribution < 1.29 is 0 Å². The Hall–Kier alpha value is -0.610. The van der Waals surface area contributed by atoms with E-state index in [1.54, 1.807) is 0 Å². The summed E-state index contributed by atoms with van der Waals surface area (Å²) in [5.41, 5.74) is 6.98. The number of anilines is 1. The molecule has 2 atom stereocenters. The van der Waals surface area contributed by atoms with Crippen molar-refractivity contribution in [1.29, 1.82) is 0 Å². The van der Waals surface area contributed by atoms with Crippen LogP contribution in [0.4, 0.5) is 5.82 Å². The molecule has 0 aromatic carbocycles. The minimum atomic E-state index is 0.482. The zero-order valence-corrected chi connectivity index (χ0v) is 11.1. The lowest BCUT2D eigenvalue weighted by Gasteiger charge is -2.21. The van der Waals surface area contributed by atoms with Gasteiger partial charge in [0.1, 0.15) is 5.82 Å². The number of halogens is 1. The number of aromatic nitrogens is 1. The molecule has 0 radical (unpaired) electrons. The molecular formula is C12H18BrN3. The van der Waals surface area contributed by atoms with Gasteiger partial charge >= 0.3 is 0 Å². The van der Waals surface area contributed by atoms with E-state index in [0.717, 1.165) is 16.8 Å². The Balaban J connectivity index is 2.11. The molecule has 0 amide bonds. The van der Waals surface area contributed by atoms with Crippen molar-refractivity contribution in [2.24, 2.45) is 11.7 Å². The van der Waals surface area contributed by atoms with Gasteiger partial charge in [0.15, 0.2) is 0 Å². The third-order valence-corrected chi connectivity index (χ3v) is 4.37. The van der Waals surface area contributed by atoms with Crippen LogP contribution in [-0.2, 0) is 0 Å². The van der Waals surface area contributed by atoms with Crippen molar-refractivity contribution in [2.75, 3.05) is 11.9 Å². The topological polar surface area (TPSA) is 50.9 Å². The fourth-order valence-corrected chi connectivity index (χ4v) is 2.67. The normalized spacial score (nSPS) is 24.7. The number of nitrogens with two attached hydrogens (primary N) is 1. The van der Waals surface area contributed by atoms with Gasteiger partial charge < -0.3 is 11.1 Å². The van der Waals surface area contributed by atoms with Crippen LogP contribution in [0.3, 0.4) is 0 Å². The van der Waals surface area contributed by atoms with Crippen molar-refractivity contribution in [3.63, 3.8) is 0 Å². The molecular weight excluding hydrogens is 266 g/mol. The molecule has 1 heterocycles. The average molecular weight is 284 g/mol. The van der Waals surface area contributed by atoms with Crippen LogP contribution in [0.15, 0.2) is 16.7 Å². The lowest BCUT2D eigenvalue weighted by Crippen LogP contribution is -2.29. The van der Waals surface area contributed by atoms with Crippen molar-refractivity contribution in [1.82, 2.24) is 4.98 Å². The molecule has 1 aromatic rings. The van der Waals surface area contributed by atoms with Crippen LogP contribution in [0, 0.1) is 12.8 Å². The Morgan fingerprint density at radius 2 is 2.38 bits per heavy atom. The van der Waals surface area contributed by atoms with Crippen molar-refractivity contribution >= 4 is 21.7 Å². The molecule has 1 fully saturated rings. The molecule has 3 N–H and O–H groups in total. The molecule has 0 saturated heterocycles. The highest BCUT2D eigenvalue weighted by Gasteiger charge is 2.26. The maximum Gasteiger partial charge on any atom is 0.140 e. The standard InChI is InChI=1S/C12H18BrN3/c1-8-5-6-15-12(11(8)13)16-10-4-2-3-9(10)7-14/h5-6,9-10H,2-4,7,14H2,1H3,(H,15,16). The highest BCUT2D eigenvalue weighted by atomic mass is 79.9. The number of nitrogens with zero attached hydrogens (tertiary/aromatic N) is 1. The van der Waals surface area contributed by atoms with E-state index in [1.165, 1.54) is 24.8 Å². The fourth-order valence-electron chi connectivity index (χ4n) is 2.33. The molecule has 16 heavy (non-hydrogen) atoms. The molecule has 1 saturated carbocycles. The summed E-state index contributed by atoms with van der Waals surface area (Å²) in [7, 11) is 0. The molecule has 3 nitrogen and oxygen atoms in total. The van der Waals surface area contributed by atoms with E-state index in [0.29, 0.717) is 12.0 Å². The van der Waals surface area contributed by atoms with Crippen molar-refractivity contribution in [3.8, 4) is 0 Å². The molecule has 0 spiro atoms. The van der Waals surface area contributed by atoms with E-state index < -0.39 is 0 Å². The monoisotopic (exact) mass is 283 g/mol. The highest BCUT2D eigenvalue weighted by Crippen LogP contribution is 2.30. The van der Waals surface area contributed by atoms with Gasteiger partial charge in [-0.25, -0.2) is 4.98 Å². The quantitative estimate of drug-likeness (QED) is 0.897. The number of rotatable bonds is 3. The second kappa shape index (κ2) is 5.15. The van der Waals surface area contributed by atoms with Crippen LogP contribution < -0.4 is 11.1 Å². The lowest BCUT2D eigenvalue weighted by molar-refractivity contribution is 0.515. The van der Waals surface area contributed by atoms with Crippen LogP contribution in [0.1, 0.15) is 24.8 Å². The first-order valence-electron chi connectivity index (χ1n) is 5.80. The predicted molar refractivity (Wildman–Crippen MR) is 70.5 cm³/mol. The Bertz CT molecular complexity index is 367. The van der Waals surface area contributed by atoms with Crippen molar-refractivity contribution in [2.45, 2.75) is 32.2 Å². The molecule has 88 valence electrons. The van der Waals surface area contributed by atoms with Crippen LogP contribution in [0.5, 0.6) is 0 Å². The van der Waals surface area contributed by atoms with Crippen molar-refractivity contribution in [3.05, 3.63) is 22.3 Å². The fraction of sp³-hybridized carbons (Fsp3) is 0.583. The average Bonchev–Trinajstić information content (AvgIpc) is 2.72. The second-order valence-electron chi connectivity index (χ2n) is 4.47. The third-order valence-electron chi connectivity index (χ3n) is 3.37. The summed E-state index contributed by atoms with van der Waals surface area (Å²) >= 11 is 3.57. The molecule has 4 heteroatoms.